The van der Waals surface area contributed by atoms with Crippen LogP contribution < -0.4 is 15.5 Å². The van der Waals surface area contributed by atoms with Gasteiger partial charge in [-0.3, -0.25) is 4.98 Å². The van der Waals surface area contributed by atoms with Gasteiger partial charge in [-0.2, -0.15) is 8.78 Å². The van der Waals surface area contributed by atoms with Crippen LogP contribution in [0.5, 0.6) is 5.75 Å². The minimum atomic E-state index is -3.50. The monoisotopic (exact) mass is 404 g/mol. The molecule has 0 amide bonds. The molecule has 0 aliphatic carbocycles. The van der Waals surface area contributed by atoms with Gasteiger partial charge >= 0.3 is 6.11 Å². The van der Waals surface area contributed by atoms with Gasteiger partial charge in [-0.15, -0.1) is 0 Å². The number of benzene rings is 2. The first-order valence-corrected chi connectivity index (χ1v) is 9.70. The Morgan fingerprint density at radius 1 is 1.04 bits per heavy atom. The molecule has 1 unspecified atom stereocenters. The number of ether oxygens (including phenoxy) is 2. The molecule has 0 N–H and O–H groups in total. The average Bonchev–Trinajstić information content (AvgIpc) is 3.11. The molecule has 9 heteroatoms. The summed E-state index contributed by atoms with van der Waals surface area (Å²) in [6, 6.07) is 7.40. The molecule has 1 aliphatic heterocycles. The number of aryl methyl sites for hydroxylation is 2. The predicted octanol–water partition coefficient (Wildman–Crippen LogP) is 3.09. The van der Waals surface area contributed by atoms with Gasteiger partial charge in [0.1, 0.15) is 22.0 Å². The van der Waals surface area contributed by atoms with E-state index in [-0.39, 0.29) is 0 Å². The Balaban J connectivity index is 1.89. The molecule has 4 rings (SSSR count). The summed E-state index contributed by atoms with van der Waals surface area (Å²) in [5.41, 5.74) is 2.18. The van der Waals surface area contributed by atoms with Crippen LogP contribution >= 0.6 is 11.3 Å². The molecule has 0 saturated heterocycles. The second kappa shape index (κ2) is 6.75. The highest BCUT2D eigenvalue weighted by molar-refractivity contribution is 8.14. The molecule has 0 radical (unpaired) electrons. The third-order valence-corrected chi connectivity index (χ3v) is 5.99. The summed E-state index contributed by atoms with van der Waals surface area (Å²) < 4.78 is 46.7. The van der Waals surface area contributed by atoms with E-state index in [4.69, 9.17) is 13.5 Å². The molecular weight excluding hydrogens is 386 g/mol. The number of nitrogens with zero attached hydrogens (tertiary/aromatic N) is 4. The fourth-order valence-electron chi connectivity index (χ4n) is 3.02. The molecule has 2 aromatic carbocycles. The maximum absolute atomic E-state index is 13.8. The van der Waals surface area contributed by atoms with Crippen molar-refractivity contribution in [1.29, 1.82) is 0 Å². The van der Waals surface area contributed by atoms with Crippen molar-refractivity contribution in [3.8, 4) is 5.75 Å². The van der Waals surface area contributed by atoms with E-state index in [0.29, 0.717) is 16.8 Å². The molecule has 0 bridgehead atoms. The Morgan fingerprint density at radius 2 is 1.82 bits per heavy atom. The number of thiol groups is 1. The number of halogens is 2. The Bertz CT molecular complexity index is 1220. The zero-order valence-corrected chi connectivity index (χ0v) is 16.6. The van der Waals surface area contributed by atoms with E-state index >= 15 is 0 Å². The Morgan fingerprint density at radius 3 is 2.54 bits per heavy atom. The molecule has 3 aromatic rings. The van der Waals surface area contributed by atoms with E-state index in [0.717, 1.165) is 40.0 Å². The van der Waals surface area contributed by atoms with Crippen LogP contribution in [0.1, 0.15) is 16.8 Å². The number of methoxy groups -OCH3 is 2. The van der Waals surface area contributed by atoms with Gasteiger partial charge < -0.3 is 9.47 Å². The molecule has 28 heavy (non-hydrogen) atoms. The van der Waals surface area contributed by atoms with E-state index < -0.39 is 23.1 Å². The van der Waals surface area contributed by atoms with Crippen molar-refractivity contribution < 1.29 is 18.3 Å². The van der Waals surface area contributed by atoms with Gasteiger partial charge in [-0.05, 0) is 54.4 Å². The molecule has 146 valence electrons. The quantitative estimate of drug-likeness (QED) is 0.679. The molecule has 0 spiro atoms. The minimum Gasteiger partial charge on any atom is -0.497 e. The molecule has 6 nitrogen and oxygen atoms in total. The number of rotatable bonds is 4. The van der Waals surface area contributed by atoms with Crippen LogP contribution in [0, 0.1) is 13.8 Å². The topological polar surface area (TPSA) is 69.0 Å². The smallest absolute Gasteiger partial charge is 0.401 e. The molecule has 1 atom stereocenters. The Kier molecular flexibility index (Phi) is 4.51. The first-order chi connectivity index (χ1) is 13.3. The fourth-order valence-corrected chi connectivity index (χ4v) is 4.77. The molecule has 1 aliphatic rings. The maximum Gasteiger partial charge on any atom is 0.401 e. The van der Waals surface area contributed by atoms with Gasteiger partial charge in [0.25, 0.3) is 0 Å². The SMILES string of the molecule is COc1cc(C)c2c(c1)=N[SH](c1cc(C)cc3nc(C(F)(F)OC)cnc13)N=2. The number of alkyl halides is 2. The highest BCUT2D eigenvalue weighted by Gasteiger charge is 2.34. The highest BCUT2D eigenvalue weighted by Crippen LogP contribution is 2.43. The van der Waals surface area contributed by atoms with Gasteiger partial charge in [-0.1, -0.05) is 0 Å². The summed E-state index contributed by atoms with van der Waals surface area (Å²) in [5.74, 6) is 0.715. The van der Waals surface area contributed by atoms with Crippen molar-refractivity contribution in [3.63, 3.8) is 0 Å². The van der Waals surface area contributed by atoms with Crippen molar-refractivity contribution in [2.45, 2.75) is 24.9 Å². The first-order valence-electron chi connectivity index (χ1n) is 8.45. The molecule has 2 heterocycles. The van der Waals surface area contributed by atoms with Crippen molar-refractivity contribution in [2.24, 2.45) is 8.80 Å². The van der Waals surface area contributed by atoms with E-state index in [2.05, 4.69) is 14.7 Å². The number of fused-ring (bicyclic) bond motifs is 2. The van der Waals surface area contributed by atoms with Crippen molar-refractivity contribution in [2.75, 3.05) is 14.2 Å². The molecule has 1 aromatic heterocycles. The molecule has 0 fully saturated rings. The summed E-state index contributed by atoms with van der Waals surface area (Å²) in [6.07, 6.45) is -2.46. The predicted molar refractivity (Wildman–Crippen MR) is 102 cm³/mol. The minimum absolute atomic E-state index is 0.363. The number of hydrogen-bond acceptors (Lipinski definition) is 6. The summed E-state index contributed by atoms with van der Waals surface area (Å²) >= 11 is -1.28. The Hall–Kier alpha value is -2.65. The normalized spacial score (nSPS) is 17.1. The lowest BCUT2D eigenvalue weighted by Gasteiger charge is -2.16. The second-order valence-corrected chi connectivity index (χ2v) is 7.89. The van der Waals surface area contributed by atoms with E-state index in [1.54, 1.807) is 13.2 Å². The van der Waals surface area contributed by atoms with Gasteiger partial charge in [0.15, 0.2) is 5.69 Å². The van der Waals surface area contributed by atoms with Crippen LogP contribution in [0.2, 0.25) is 0 Å². The van der Waals surface area contributed by atoms with Crippen LogP contribution in [-0.2, 0) is 10.8 Å². The van der Waals surface area contributed by atoms with Crippen LogP contribution in [0.4, 0.5) is 8.78 Å². The number of hydrogen-bond donors (Lipinski definition) is 1. The third-order valence-electron chi connectivity index (χ3n) is 4.43. The lowest BCUT2D eigenvalue weighted by Crippen LogP contribution is -2.24. The zero-order valence-electron chi connectivity index (χ0n) is 15.7. The van der Waals surface area contributed by atoms with E-state index in [1.165, 1.54) is 0 Å². The first kappa shape index (κ1) is 18.7. The van der Waals surface area contributed by atoms with Gasteiger partial charge in [0.2, 0.25) is 0 Å². The Labute approximate surface area is 162 Å². The van der Waals surface area contributed by atoms with Crippen LogP contribution in [0.15, 0.2) is 44.2 Å². The van der Waals surface area contributed by atoms with Crippen LogP contribution in [-0.4, -0.2) is 24.2 Å². The second-order valence-electron chi connectivity index (χ2n) is 6.43. The maximum atomic E-state index is 13.8. The van der Waals surface area contributed by atoms with Crippen molar-refractivity contribution in [3.05, 3.63) is 58.0 Å². The third kappa shape index (κ3) is 3.10. The van der Waals surface area contributed by atoms with E-state index in [1.807, 2.05) is 32.0 Å². The largest absolute Gasteiger partial charge is 0.497 e. The van der Waals surface area contributed by atoms with Crippen LogP contribution in [0.25, 0.3) is 11.0 Å². The lowest BCUT2D eigenvalue weighted by atomic mass is 10.2. The standard InChI is InChI=1S/C19H18F2N4O2S/c1-10-5-13-18(22-9-16(23-13)19(20,21)27-4)15(6-10)28-24-14-8-12(26-3)7-11(2)17(14)25-28/h5-9,28H,1-4H3. The van der Waals surface area contributed by atoms with Gasteiger partial charge in [0.05, 0.1) is 23.7 Å². The van der Waals surface area contributed by atoms with Gasteiger partial charge in [-0.25, -0.2) is 13.8 Å². The van der Waals surface area contributed by atoms with Crippen molar-refractivity contribution in [1.82, 2.24) is 9.97 Å². The lowest BCUT2D eigenvalue weighted by molar-refractivity contribution is -0.234. The molecular formula is C19H18F2N4O2S. The average molecular weight is 404 g/mol. The highest BCUT2D eigenvalue weighted by atomic mass is 32.2. The summed E-state index contributed by atoms with van der Waals surface area (Å²) in [4.78, 5) is 9.10. The zero-order chi connectivity index (χ0) is 20.1. The fraction of sp³-hybridized carbons (Fsp3) is 0.263. The molecule has 0 saturated carbocycles. The summed E-state index contributed by atoms with van der Waals surface area (Å²) in [5, 5.41) is 1.57. The van der Waals surface area contributed by atoms with Gasteiger partial charge in [0, 0.05) is 13.2 Å². The number of aromatic nitrogens is 2. The summed E-state index contributed by atoms with van der Waals surface area (Å²) in [7, 11) is 2.54. The van der Waals surface area contributed by atoms with E-state index in [9.17, 15) is 8.78 Å². The summed E-state index contributed by atoms with van der Waals surface area (Å²) in [6.45, 7) is 3.82. The van der Waals surface area contributed by atoms with Crippen LogP contribution in [0.3, 0.4) is 0 Å². The van der Waals surface area contributed by atoms with Crippen molar-refractivity contribution >= 4 is 22.3 Å².